The predicted molar refractivity (Wildman–Crippen MR) is 112 cm³/mol. The minimum absolute atomic E-state index is 0.198. The summed E-state index contributed by atoms with van der Waals surface area (Å²) < 4.78 is 6.08. The number of hydrogen-bond acceptors (Lipinski definition) is 3. The SMILES string of the molecule is CCC[C@@H](C(=O)O)N1C(=O)CO[C@@](C)(c2ccc(Cl)cc2)[C@H]1c1ccc(Cl)cc1. The molecule has 3 atom stereocenters. The van der Waals surface area contributed by atoms with Crippen molar-refractivity contribution in [3.63, 3.8) is 0 Å². The second-order valence-electron chi connectivity index (χ2n) is 7.30. The Hall–Kier alpha value is -2.08. The van der Waals surface area contributed by atoms with Gasteiger partial charge in [-0.3, -0.25) is 4.79 Å². The van der Waals surface area contributed by atoms with Crippen LogP contribution in [0.1, 0.15) is 43.9 Å². The number of rotatable bonds is 6. The van der Waals surface area contributed by atoms with Crippen LogP contribution in [0, 0.1) is 0 Å². The lowest BCUT2D eigenvalue weighted by Crippen LogP contribution is -2.58. The molecule has 0 aromatic heterocycles. The zero-order valence-electron chi connectivity index (χ0n) is 16.3. The summed E-state index contributed by atoms with van der Waals surface area (Å²) in [6, 6.07) is 12.7. The molecule has 5 nitrogen and oxygen atoms in total. The van der Waals surface area contributed by atoms with E-state index in [0.717, 1.165) is 11.1 Å². The number of carboxylic acids is 1. The Bertz CT molecular complexity index is 885. The van der Waals surface area contributed by atoms with Gasteiger partial charge in [0, 0.05) is 10.0 Å². The normalized spacial score (nSPS) is 23.1. The Morgan fingerprint density at radius 1 is 1.17 bits per heavy atom. The highest BCUT2D eigenvalue weighted by atomic mass is 35.5. The molecule has 7 heteroatoms. The van der Waals surface area contributed by atoms with E-state index < -0.39 is 23.7 Å². The molecular formula is C22H23Cl2NO4. The van der Waals surface area contributed by atoms with Gasteiger partial charge in [0.1, 0.15) is 18.2 Å². The molecular weight excluding hydrogens is 413 g/mol. The van der Waals surface area contributed by atoms with E-state index in [1.807, 2.05) is 26.0 Å². The predicted octanol–water partition coefficient (Wildman–Crippen LogP) is 5.06. The first-order chi connectivity index (χ1) is 13.8. The fourth-order valence-electron chi connectivity index (χ4n) is 3.93. The summed E-state index contributed by atoms with van der Waals surface area (Å²) in [5, 5.41) is 11.0. The summed E-state index contributed by atoms with van der Waals surface area (Å²) in [4.78, 5) is 26.5. The van der Waals surface area contributed by atoms with Crippen LogP contribution in [0.15, 0.2) is 48.5 Å². The second-order valence-corrected chi connectivity index (χ2v) is 8.17. The molecule has 1 aliphatic heterocycles. The standard InChI is InChI=1S/C22H23Cl2NO4/c1-3-4-18(21(27)28)25-19(26)13-29-22(2,15-7-11-17(24)12-8-15)20(25)14-5-9-16(23)10-6-14/h5-12,18,20H,3-4,13H2,1-2H3,(H,27,28)/t18-,20+,22-/m0/s1. The molecule has 0 spiro atoms. The van der Waals surface area contributed by atoms with E-state index >= 15 is 0 Å². The molecule has 3 rings (SSSR count). The Balaban J connectivity index is 2.19. The van der Waals surface area contributed by atoms with Gasteiger partial charge in [0.25, 0.3) is 0 Å². The Morgan fingerprint density at radius 3 is 2.24 bits per heavy atom. The summed E-state index contributed by atoms with van der Waals surface area (Å²) in [5.74, 6) is -1.38. The summed E-state index contributed by atoms with van der Waals surface area (Å²) in [5.41, 5.74) is 0.593. The number of amides is 1. The molecule has 1 amide bonds. The molecule has 154 valence electrons. The molecule has 1 N–H and O–H groups in total. The molecule has 29 heavy (non-hydrogen) atoms. The largest absolute Gasteiger partial charge is 0.480 e. The lowest BCUT2D eigenvalue weighted by atomic mass is 9.80. The molecule has 2 aromatic rings. The molecule has 0 bridgehead atoms. The number of nitrogens with zero attached hydrogens (tertiary/aromatic N) is 1. The van der Waals surface area contributed by atoms with Crippen LogP contribution in [0.5, 0.6) is 0 Å². The van der Waals surface area contributed by atoms with E-state index in [-0.39, 0.29) is 12.5 Å². The van der Waals surface area contributed by atoms with Gasteiger partial charge in [-0.1, -0.05) is 60.8 Å². The molecule has 1 heterocycles. The zero-order chi connectivity index (χ0) is 21.2. The third kappa shape index (κ3) is 4.27. The van der Waals surface area contributed by atoms with Crippen molar-refractivity contribution >= 4 is 35.1 Å². The van der Waals surface area contributed by atoms with Gasteiger partial charge in [-0.25, -0.2) is 4.79 Å². The number of halogens is 2. The molecule has 2 aromatic carbocycles. The maximum absolute atomic E-state index is 12.9. The van der Waals surface area contributed by atoms with Gasteiger partial charge in [-0.05, 0) is 48.7 Å². The van der Waals surface area contributed by atoms with Gasteiger partial charge < -0.3 is 14.7 Å². The van der Waals surface area contributed by atoms with Gasteiger partial charge in [-0.15, -0.1) is 0 Å². The molecule has 0 saturated carbocycles. The second kappa shape index (κ2) is 8.74. The van der Waals surface area contributed by atoms with Crippen LogP contribution in [0.3, 0.4) is 0 Å². The van der Waals surface area contributed by atoms with E-state index in [9.17, 15) is 14.7 Å². The van der Waals surface area contributed by atoms with Crippen molar-refractivity contribution in [2.24, 2.45) is 0 Å². The number of benzene rings is 2. The summed E-state index contributed by atoms with van der Waals surface area (Å²) in [7, 11) is 0. The Kier molecular flexibility index (Phi) is 6.52. The number of morpholine rings is 1. The van der Waals surface area contributed by atoms with Crippen LogP contribution in [-0.2, 0) is 19.9 Å². The van der Waals surface area contributed by atoms with Crippen molar-refractivity contribution in [1.29, 1.82) is 0 Å². The van der Waals surface area contributed by atoms with Gasteiger partial charge in [0.2, 0.25) is 5.91 Å². The lowest BCUT2D eigenvalue weighted by molar-refractivity contribution is -0.189. The number of carbonyl (C=O) groups is 2. The van der Waals surface area contributed by atoms with Gasteiger partial charge in [0.15, 0.2) is 0 Å². The maximum Gasteiger partial charge on any atom is 0.326 e. The minimum atomic E-state index is -1.03. The van der Waals surface area contributed by atoms with Crippen molar-refractivity contribution in [3.05, 3.63) is 69.7 Å². The molecule has 1 saturated heterocycles. The summed E-state index contributed by atoms with van der Waals surface area (Å²) >= 11 is 12.1. The zero-order valence-corrected chi connectivity index (χ0v) is 17.8. The van der Waals surface area contributed by atoms with Crippen molar-refractivity contribution < 1.29 is 19.4 Å². The first-order valence-electron chi connectivity index (χ1n) is 9.47. The average Bonchev–Trinajstić information content (AvgIpc) is 2.69. The fourth-order valence-corrected chi connectivity index (χ4v) is 4.18. The van der Waals surface area contributed by atoms with E-state index in [1.54, 1.807) is 36.4 Å². The fraction of sp³-hybridized carbons (Fsp3) is 0.364. The first kappa shape index (κ1) is 21.6. The molecule has 0 unspecified atom stereocenters. The number of carboxylic acid groups (broad SMARTS) is 1. The first-order valence-corrected chi connectivity index (χ1v) is 10.2. The Labute approximate surface area is 180 Å². The highest BCUT2D eigenvalue weighted by Crippen LogP contribution is 2.46. The smallest absolute Gasteiger partial charge is 0.326 e. The topological polar surface area (TPSA) is 66.8 Å². The van der Waals surface area contributed by atoms with Crippen molar-refractivity contribution in [1.82, 2.24) is 4.90 Å². The van der Waals surface area contributed by atoms with Crippen molar-refractivity contribution in [2.45, 2.75) is 44.4 Å². The monoisotopic (exact) mass is 435 g/mol. The van der Waals surface area contributed by atoms with Gasteiger partial charge >= 0.3 is 5.97 Å². The van der Waals surface area contributed by atoms with Crippen LogP contribution in [0.25, 0.3) is 0 Å². The van der Waals surface area contributed by atoms with E-state index in [0.29, 0.717) is 22.9 Å². The summed E-state index contributed by atoms with van der Waals surface area (Å²) in [6.45, 7) is 3.58. The van der Waals surface area contributed by atoms with Crippen molar-refractivity contribution in [3.8, 4) is 0 Å². The molecule has 1 fully saturated rings. The number of ether oxygens (including phenoxy) is 1. The third-order valence-electron chi connectivity index (χ3n) is 5.37. The van der Waals surface area contributed by atoms with Crippen molar-refractivity contribution in [2.75, 3.05) is 6.61 Å². The van der Waals surface area contributed by atoms with Crippen LogP contribution in [0.2, 0.25) is 10.0 Å². The van der Waals surface area contributed by atoms with Crippen LogP contribution in [0.4, 0.5) is 0 Å². The highest BCUT2D eigenvalue weighted by molar-refractivity contribution is 6.30. The van der Waals surface area contributed by atoms with Crippen LogP contribution >= 0.6 is 23.2 Å². The van der Waals surface area contributed by atoms with E-state index in [2.05, 4.69) is 0 Å². The lowest BCUT2D eigenvalue weighted by Gasteiger charge is -2.50. The quantitative estimate of drug-likeness (QED) is 0.687. The van der Waals surface area contributed by atoms with Crippen LogP contribution in [-0.4, -0.2) is 34.5 Å². The molecule has 0 aliphatic carbocycles. The number of hydrogen-bond donors (Lipinski definition) is 1. The number of aliphatic carboxylic acids is 1. The molecule has 1 aliphatic rings. The third-order valence-corrected chi connectivity index (χ3v) is 5.87. The molecule has 0 radical (unpaired) electrons. The van der Waals surface area contributed by atoms with Crippen LogP contribution < -0.4 is 0 Å². The number of carbonyl (C=O) groups excluding carboxylic acids is 1. The van der Waals surface area contributed by atoms with Gasteiger partial charge in [-0.2, -0.15) is 0 Å². The highest BCUT2D eigenvalue weighted by Gasteiger charge is 2.50. The minimum Gasteiger partial charge on any atom is -0.480 e. The average molecular weight is 436 g/mol. The van der Waals surface area contributed by atoms with Gasteiger partial charge in [0.05, 0.1) is 6.04 Å². The van der Waals surface area contributed by atoms with E-state index in [4.69, 9.17) is 27.9 Å². The maximum atomic E-state index is 12.9. The Morgan fingerprint density at radius 2 is 1.72 bits per heavy atom. The summed E-state index contributed by atoms with van der Waals surface area (Å²) in [6.07, 6.45) is 0.981. The van der Waals surface area contributed by atoms with E-state index in [1.165, 1.54) is 4.90 Å².